The van der Waals surface area contributed by atoms with Crippen LogP contribution >= 0.6 is 0 Å². The average Bonchev–Trinajstić information content (AvgIpc) is 2.47. The van der Waals surface area contributed by atoms with Crippen molar-refractivity contribution in [3.63, 3.8) is 0 Å². The monoisotopic (exact) mass is 277 g/mol. The first-order valence-electron chi connectivity index (χ1n) is 7.90. The molecule has 1 aromatic rings. The summed E-state index contributed by atoms with van der Waals surface area (Å²) >= 11 is 0. The number of methoxy groups -OCH3 is 1. The van der Waals surface area contributed by atoms with Gasteiger partial charge in [0.25, 0.3) is 0 Å². The predicted octanol–water partition coefficient (Wildman–Crippen LogP) is 4.55. The zero-order valence-electron chi connectivity index (χ0n) is 14.0. The van der Waals surface area contributed by atoms with Crippen LogP contribution in [0.2, 0.25) is 0 Å². The van der Waals surface area contributed by atoms with Gasteiger partial charge in [-0.1, -0.05) is 39.0 Å². The number of hydrogen-bond donors (Lipinski definition) is 1. The van der Waals surface area contributed by atoms with E-state index in [9.17, 15) is 0 Å². The van der Waals surface area contributed by atoms with Crippen LogP contribution in [0.15, 0.2) is 18.2 Å². The number of ether oxygens (including phenoxy) is 1. The third kappa shape index (κ3) is 3.42. The molecule has 0 amide bonds. The minimum Gasteiger partial charge on any atom is -0.376 e. The van der Waals surface area contributed by atoms with Gasteiger partial charge in [-0.15, -0.1) is 0 Å². The van der Waals surface area contributed by atoms with Crippen LogP contribution in [0.25, 0.3) is 0 Å². The number of aryl methyl sites for hydroxylation is 1. The number of benzene rings is 1. The minimum atomic E-state index is -0.131. The van der Waals surface area contributed by atoms with Gasteiger partial charge in [0.2, 0.25) is 0 Å². The first kappa shape index (κ1) is 17.2. The number of rotatable bonds is 8. The van der Waals surface area contributed by atoms with E-state index in [1.165, 1.54) is 16.7 Å². The lowest BCUT2D eigenvalue weighted by Crippen LogP contribution is -2.45. The molecule has 0 aliphatic heterocycles. The lowest BCUT2D eigenvalue weighted by atomic mass is 9.81. The van der Waals surface area contributed by atoms with Gasteiger partial charge < -0.3 is 10.1 Å². The highest BCUT2D eigenvalue weighted by Crippen LogP contribution is 2.36. The summed E-state index contributed by atoms with van der Waals surface area (Å²) in [6, 6.07) is 6.84. The Morgan fingerprint density at radius 3 is 2.30 bits per heavy atom. The molecule has 114 valence electrons. The Bertz CT molecular complexity index is 402. The van der Waals surface area contributed by atoms with Crippen LogP contribution < -0.4 is 5.32 Å². The zero-order valence-corrected chi connectivity index (χ0v) is 14.0. The summed E-state index contributed by atoms with van der Waals surface area (Å²) < 4.78 is 5.98. The van der Waals surface area contributed by atoms with Crippen LogP contribution in [0.5, 0.6) is 0 Å². The van der Waals surface area contributed by atoms with E-state index < -0.39 is 0 Å². The SMILES string of the molecule is CCCNC(c1cccc(C)c1C)C(CC)(CC)OC. The Labute approximate surface area is 124 Å². The van der Waals surface area contributed by atoms with Gasteiger partial charge in [0.15, 0.2) is 0 Å². The lowest BCUT2D eigenvalue weighted by Gasteiger charge is -2.40. The second-order valence-corrected chi connectivity index (χ2v) is 5.65. The second-order valence-electron chi connectivity index (χ2n) is 5.65. The molecule has 0 aliphatic rings. The predicted molar refractivity (Wildman–Crippen MR) is 87.3 cm³/mol. The molecule has 1 rings (SSSR count). The average molecular weight is 277 g/mol. The van der Waals surface area contributed by atoms with Gasteiger partial charge in [-0.3, -0.25) is 0 Å². The Morgan fingerprint density at radius 1 is 1.15 bits per heavy atom. The number of hydrogen-bond acceptors (Lipinski definition) is 2. The quantitative estimate of drug-likeness (QED) is 0.752. The van der Waals surface area contributed by atoms with Crippen molar-refractivity contribution in [2.24, 2.45) is 0 Å². The first-order chi connectivity index (χ1) is 9.56. The Kier molecular flexibility index (Phi) is 6.70. The minimum absolute atomic E-state index is 0.131. The molecular formula is C18H31NO. The van der Waals surface area contributed by atoms with Gasteiger partial charge in [-0.05, 0) is 56.3 Å². The van der Waals surface area contributed by atoms with Gasteiger partial charge in [0.1, 0.15) is 0 Å². The van der Waals surface area contributed by atoms with Crippen molar-refractivity contribution in [2.75, 3.05) is 13.7 Å². The molecule has 1 atom stereocenters. The fourth-order valence-electron chi connectivity index (χ4n) is 3.02. The molecule has 1 aromatic carbocycles. The molecule has 0 saturated heterocycles. The van der Waals surface area contributed by atoms with Crippen molar-refractivity contribution in [3.8, 4) is 0 Å². The Morgan fingerprint density at radius 2 is 1.80 bits per heavy atom. The van der Waals surface area contributed by atoms with Crippen LogP contribution in [0.3, 0.4) is 0 Å². The van der Waals surface area contributed by atoms with Gasteiger partial charge in [-0.25, -0.2) is 0 Å². The molecule has 1 N–H and O–H groups in total. The van der Waals surface area contributed by atoms with Crippen LogP contribution in [-0.4, -0.2) is 19.3 Å². The van der Waals surface area contributed by atoms with E-state index in [1.54, 1.807) is 0 Å². The molecule has 0 aromatic heterocycles. The third-order valence-corrected chi connectivity index (χ3v) is 4.69. The highest BCUT2D eigenvalue weighted by molar-refractivity contribution is 5.37. The maximum atomic E-state index is 5.98. The standard InChI is InChI=1S/C18H31NO/c1-7-13-19-17(18(8-2,9-3)20-6)16-12-10-11-14(4)15(16)5/h10-12,17,19H,7-9,13H2,1-6H3. The van der Waals surface area contributed by atoms with Crippen molar-refractivity contribution in [1.82, 2.24) is 5.32 Å². The lowest BCUT2D eigenvalue weighted by molar-refractivity contribution is -0.0487. The summed E-state index contributed by atoms with van der Waals surface area (Å²) in [5.74, 6) is 0. The van der Waals surface area contributed by atoms with E-state index in [2.05, 4.69) is 58.1 Å². The summed E-state index contributed by atoms with van der Waals surface area (Å²) in [7, 11) is 1.85. The van der Waals surface area contributed by atoms with E-state index in [0.29, 0.717) is 0 Å². The van der Waals surface area contributed by atoms with Crippen molar-refractivity contribution in [3.05, 3.63) is 34.9 Å². The molecule has 0 saturated carbocycles. The fourth-order valence-corrected chi connectivity index (χ4v) is 3.02. The normalized spacial score (nSPS) is 13.5. The molecule has 0 aliphatic carbocycles. The Balaban J connectivity index is 3.27. The highest BCUT2D eigenvalue weighted by Gasteiger charge is 2.37. The van der Waals surface area contributed by atoms with Crippen molar-refractivity contribution in [1.29, 1.82) is 0 Å². The maximum Gasteiger partial charge on any atom is 0.0867 e. The van der Waals surface area contributed by atoms with Crippen molar-refractivity contribution < 1.29 is 4.74 Å². The maximum absolute atomic E-state index is 5.98. The van der Waals surface area contributed by atoms with Crippen LogP contribution in [0, 0.1) is 13.8 Å². The van der Waals surface area contributed by atoms with Gasteiger partial charge in [0, 0.05) is 7.11 Å². The summed E-state index contributed by atoms with van der Waals surface area (Å²) in [5.41, 5.74) is 3.98. The van der Waals surface area contributed by atoms with Gasteiger partial charge in [0.05, 0.1) is 11.6 Å². The second kappa shape index (κ2) is 7.80. The van der Waals surface area contributed by atoms with Crippen LogP contribution in [0.1, 0.15) is 62.8 Å². The van der Waals surface area contributed by atoms with Crippen LogP contribution in [-0.2, 0) is 4.74 Å². The van der Waals surface area contributed by atoms with Crippen LogP contribution in [0.4, 0.5) is 0 Å². The molecule has 0 radical (unpaired) electrons. The van der Waals surface area contributed by atoms with E-state index >= 15 is 0 Å². The molecule has 0 fully saturated rings. The Hall–Kier alpha value is -0.860. The summed E-state index contributed by atoms with van der Waals surface area (Å²) in [6.45, 7) is 12.1. The number of nitrogens with one attached hydrogen (secondary N) is 1. The van der Waals surface area contributed by atoms with E-state index in [-0.39, 0.29) is 11.6 Å². The van der Waals surface area contributed by atoms with E-state index in [0.717, 1.165) is 25.8 Å². The molecule has 2 nitrogen and oxygen atoms in total. The zero-order chi connectivity index (χ0) is 15.2. The van der Waals surface area contributed by atoms with Crippen molar-refractivity contribution in [2.45, 2.75) is 65.5 Å². The molecule has 0 spiro atoms. The molecule has 0 heterocycles. The molecule has 1 unspecified atom stereocenters. The smallest absolute Gasteiger partial charge is 0.0867 e. The molecule has 0 bridgehead atoms. The fraction of sp³-hybridized carbons (Fsp3) is 0.667. The molecular weight excluding hydrogens is 246 g/mol. The molecule has 2 heteroatoms. The first-order valence-corrected chi connectivity index (χ1v) is 7.90. The largest absolute Gasteiger partial charge is 0.376 e. The van der Waals surface area contributed by atoms with Crippen molar-refractivity contribution >= 4 is 0 Å². The topological polar surface area (TPSA) is 21.3 Å². The summed E-state index contributed by atoms with van der Waals surface area (Å²) in [4.78, 5) is 0. The summed E-state index contributed by atoms with van der Waals surface area (Å²) in [6.07, 6.45) is 3.15. The third-order valence-electron chi connectivity index (χ3n) is 4.69. The van der Waals surface area contributed by atoms with E-state index in [1.807, 2.05) is 7.11 Å². The highest BCUT2D eigenvalue weighted by atomic mass is 16.5. The van der Waals surface area contributed by atoms with Gasteiger partial charge in [-0.2, -0.15) is 0 Å². The summed E-state index contributed by atoms with van der Waals surface area (Å²) in [5, 5.41) is 3.72. The molecule has 20 heavy (non-hydrogen) atoms. The van der Waals surface area contributed by atoms with E-state index in [4.69, 9.17) is 4.74 Å². The van der Waals surface area contributed by atoms with Gasteiger partial charge >= 0.3 is 0 Å².